The van der Waals surface area contributed by atoms with Crippen molar-refractivity contribution >= 4 is 31.7 Å². The molecule has 0 aliphatic rings. The molecule has 1 rings (SSSR count). The molecule has 0 aliphatic carbocycles. The normalized spacial score (nSPS) is 11.9. The third-order valence-corrected chi connectivity index (χ3v) is 5.19. The molecule has 0 N–H and O–H groups in total. The Balaban J connectivity index is 3.63. The lowest BCUT2D eigenvalue weighted by atomic mass is 10.3. The van der Waals surface area contributed by atoms with Crippen molar-refractivity contribution in [3.8, 4) is 0 Å². The summed E-state index contributed by atoms with van der Waals surface area (Å²) in [6.07, 6.45) is 2.64. The highest BCUT2D eigenvalue weighted by molar-refractivity contribution is 8.09. The number of hydrogen-bond acceptors (Lipinski definition) is 7. The van der Waals surface area contributed by atoms with E-state index in [-0.39, 0.29) is 9.40 Å². The van der Waals surface area contributed by atoms with Crippen molar-refractivity contribution in [1.29, 1.82) is 0 Å². The minimum Gasteiger partial charge on any atom is -0.464 e. The van der Waals surface area contributed by atoms with Crippen molar-refractivity contribution < 1.29 is 26.4 Å². The maximum Gasteiger partial charge on any atom is 0.358 e. The molecule has 0 saturated heterocycles. The molecule has 8 nitrogen and oxygen atoms in total. The molecule has 0 amide bonds. The SMILES string of the molecule is COC(=O)c1ncccc1N(S(C)(=O)=O)S(C)(=O)=O. The Morgan fingerprint density at radius 3 is 2.16 bits per heavy atom. The summed E-state index contributed by atoms with van der Waals surface area (Å²) in [5.74, 6) is -0.937. The molecule has 106 valence electrons. The van der Waals surface area contributed by atoms with E-state index in [0.717, 1.165) is 13.2 Å². The Kier molecular flexibility index (Phi) is 4.15. The van der Waals surface area contributed by atoms with E-state index in [1.165, 1.54) is 12.3 Å². The van der Waals surface area contributed by atoms with Crippen molar-refractivity contribution in [3.63, 3.8) is 0 Å². The van der Waals surface area contributed by atoms with Crippen LogP contribution >= 0.6 is 0 Å². The number of pyridine rings is 1. The van der Waals surface area contributed by atoms with Crippen molar-refractivity contribution in [1.82, 2.24) is 4.98 Å². The van der Waals surface area contributed by atoms with Crippen LogP contribution in [0, 0.1) is 0 Å². The molecular weight excluding hydrogens is 296 g/mol. The largest absolute Gasteiger partial charge is 0.464 e. The summed E-state index contributed by atoms with van der Waals surface area (Å²) in [6, 6.07) is 2.46. The zero-order valence-electron chi connectivity index (χ0n) is 10.4. The van der Waals surface area contributed by atoms with Crippen LogP contribution in [0.1, 0.15) is 10.5 Å². The molecule has 0 fully saturated rings. The first kappa shape index (κ1) is 15.4. The second-order valence-corrected chi connectivity index (χ2v) is 7.48. The summed E-state index contributed by atoms with van der Waals surface area (Å²) >= 11 is 0. The molecule has 0 spiro atoms. The van der Waals surface area contributed by atoms with Gasteiger partial charge in [0.2, 0.25) is 20.0 Å². The summed E-state index contributed by atoms with van der Waals surface area (Å²) < 4.78 is 51.0. The minimum atomic E-state index is -4.14. The van der Waals surface area contributed by atoms with E-state index >= 15 is 0 Å². The number of carbonyl (C=O) groups is 1. The summed E-state index contributed by atoms with van der Waals surface area (Å²) in [6.45, 7) is 0. The van der Waals surface area contributed by atoms with Gasteiger partial charge in [-0.1, -0.05) is 0 Å². The molecule has 1 aromatic rings. The fourth-order valence-electron chi connectivity index (χ4n) is 1.40. The van der Waals surface area contributed by atoms with Crippen LogP contribution in [0.2, 0.25) is 0 Å². The number of rotatable bonds is 4. The highest BCUT2D eigenvalue weighted by atomic mass is 32.3. The Morgan fingerprint density at radius 2 is 1.74 bits per heavy atom. The number of nitrogens with zero attached hydrogens (tertiary/aromatic N) is 2. The lowest BCUT2D eigenvalue weighted by Crippen LogP contribution is -2.36. The van der Waals surface area contributed by atoms with Crippen molar-refractivity contribution in [2.45, 2.75) is 0 Å². The van der Waals surface area contributed by atoms with Crippen molar-refractivity contribution in [3.05, 3.63) is 24.0 Å². The highest BCUT2D eigenvalue weighted by Crippen LogP contribution is 2.24. The zero-order chi connectivity index (χ0) is 14.8. The molecule has 0 aromatic carbocycles. The van der Waals surface area contributed by atoms with Gasteiger partial charge in [0.15, 0.2) is 5.69 Å². The van der Waals surface area contributed by atoms with Crippen LogP contribution in [-0.2, 0) is 24.8 Å². The van der Waals surface area contributed by atoms with Crippen LogP contribution in [0.3, 0.4) is 0 Å². The first-order valence-electron chi connectivity index (χ1n) is 4.83. The summed E-state index contributed by atoms with van der Waals surface area (Å²) in [4.78, 5) is 15.1. The number of esters is 1. The van der Waals surface area contributed by atoms with Crippen LogP contribution in [0.5, 0.6) is 0 Å². The Bertz CT molecular complexity index is 663. The molecule has 0 atom stereocenters. The van der Waals surface area contributed by atoms with Gasteiger partial charge in [-0.3, -0.25) is 0 Å². The van der Waals surface area contributed by atoms with Crippen LogP contribution in [0.15, 0.2) is 18.3 Å². The molecule has 1 heterocycles. The Hall–Kier alpha value is -1.68. The molecular formula is C9H12N2O6S2. The molecule has 1 aromatic heterocycles. The first-order valence-corrected chi connectivity index (χ1v) is 8.52. The maximum absolute atomic E-state index is 11.6. The van der Waals surface area contributed by atoms with Gasteiger partial charge in [-0.25, -0.2) is 26.6 Å². The van der Waals surface area contributed by atoms with E-state index in [1.54, 1.807) is 0 Å². The molecule has 19 heavy (non-hydrogen) atoms. The Morgan fingerprint density at radius 1 is 1.21 bits per heavy atom. The minimum absolute atomic E-state index is 0.138. The summed E-state index contributed by atoms with van der Waals surface area (Å²) in [7, 11) is -7.21. The predicted octanol–water partition coefficient (Wildman–Crippen LogP) is -0.406. The number of hydrogen-bond donors (Lipinski definition) is 0. The number of carbonyl (C=O) groups excluding carboxylic acids is 1. The van der Waals surface area contributed by atoms with Gasteiger partial charge in [0.05, 0.1) is 19.6 Å². The number of sulfonamides is 2. The highest BCUT2D eigenvalue weighted by Gasteiger charge is 2.31. The van der Waals surface area contributed by atoms with Gasteiger partial charge in [-0.15, -0.1) is 0 Å². The quantitative estimate of drug-likeness (QED) is 0.695. The van der Waals surface area contributed by atoms with Crippen molar-refractivity contribution in [2.24, 2.45) is 0 Å². The number of ether oxygens (including phenoxy) is 1. The lowest BCUT2D eigenvalue weighted by Gasteiger charge is -2.20. The van der Waals surface area contributed by atoms with Gasteiger partial charge in [0.1, 0.15) is 5.69 Å². The van der Waals surface area contributed by atoms with Gasteiger partial charge in [0, 0.05) is 6.20 Å². The molecule has 0 saturated carbocycles. The average molecular weight is 308 g/mol. The fraction of sp³-hybridized carbons (Fsp3) is 0.333. The topological polar surface area (TPSA) is 111 Å². The van der Waals surface area contributed by atoms with Gasteiger partial charge in [-0.2, -0.15) is 3.71 Å². The van der Waals surface area contributed by atoms with Gasteiger partial charge in [-0.05, 0) is 12.1 Å². The second-order valence-electron chi connectivity index (χ2n) is 3.59. The van der Waals surface area contributed by atoms with Crippen LogP contribution in [0.25, 0.3) is 0 Å². The maximum atomic E-state index is 11.6. The average Bonchev–Trinajstić information content (AvgIpc) is 2.25. The number of methoxy groups -OCH3 is 1. The lowest BCUT2D eigenvalue weighted by molar-refractivity contribution is 0.0595. The van der Waals surface area contributed by atoms with Crippen molar-refractivity contribution in [2.75, 3.05) is 23.3 Å². The van der Waals surface area contributed by atoms with Crippen LogP contribution in [0.4, 0.5) is 5.69 Å². The van der Waals surface area contributed by atoms with Gasteiger partial charge >= 0.3 is 5.97 Å². The molecule has 0 aliphatic heterocycles. The van der Waals surface area contributed by atoms with E-state index < -0.39 is 31.7 Å². The molecule has 0 unspecified atom stereocenters. The Labute approximate surface area is 111 Å². The second kappa shape index (κ2) is 5.13. The molecule has 10 heteroatoms. The van der Waals surface area contributed by atoms with Crippen LogP contribution < -0.4 is 3.71 Å². The van der Waals surface area contributed by atoms with E-state index in [4.69, 9.17) is 0 Å². The number of anilines is 1. The first-order chi connectivity index (χ1) is 8.59. The van der Waals surface area contributed by atoms with E-state index in [9.17, 15) is 21.6 Å². The van der Waals surface area contributed by atoms with E-state index in [1.807, 2.05) is 0 Å². The standard InChI is InChI=1S/C9H12N2O6S2/c1-17-9(12)8-7(5-4-6-10-8)11(18(2,13)14)19(3,15)16/h4-6H,1-3H3. The van der Waals surface area contributed by atoms with Gasteiger partial charge < -0.3 is 4.74 Å². The third-order valence-electron chi connectivity index (χ3n) is 1.96. The smallest absolute Gasteiger partial charge is 0.358 e. The third kappa shape index (κ3) is 3.41. The zero-order valence-corrected chi connectivity index (χ0v) is 12.0. The van der Waals surface area contributed by atoms with E-state index in [2.05, 4.69) is 9.72 Å². The van der Waals surface area contributed by atoms with Crippen LogP contribution in [-0.4, -0.2) is 47.4 Å². The van der Waals surface area contributed by atoms with E-state index in [0.29, 0.717) is 12.5 Å². The summed E-state index contributed by atoms with van der Waals surface area (Å²) in [5.41, 5.74) is -0.778. The molecule has 0 bridgehead atoms. The fourth-order valence-corrected chi connectivity index (χ4v) is 4.38. The molecule has 0 radical (unpaired) electrons. The number of aromatic nitrogens is 1. The summed E-state index contributed by atoms with van der Waals surface area (Å²) in [5, 5.41) is 0. The van der Waals surface area contributed by atoms with Gasteiger partial charge in [0.25, 0.3) is 0 Å². The monoisotopic (exact) mass is 308 g/mol. The predicted molar refractivity (Wildman–Crippen MR) is 67.7 cm³/mol.